The van der Waals surface area contributed by atoms with E-state index in [1.807, 2.05) is 41.8 Å². The zero-order chi connectivity index (χ0) is 16.4. The molecule has 7 heteroatoms. The molecule has 0 spiro atoms. The lowest BCUT2D eigenvalue weighted by Gasteiger charge is -2.40. The molecule has 3 rings (SSSR count). The van der Waals surface area contributed by atoms with E-state index in [2.05, 4.69) is 20.4 Å². The van der Waals surface area contributed by atoms with E-state index < -0.39 is 0 Å². The summed E-state index contributed by atoms with van der Waals surface area (Å²) in [7, 11) is 0. The van der Waals surface area contributed by atoms with Crippen LogP contribution in [0.1, 0.15) is 36.6 Å². The number of nitrogens with one attached hydrogen (secondary N) is 1. The predicted molar refractivity (Wildman–Crippen MR) is 87.0 cm³/mol. The van der Waals surface area contributed by atoms with Crippen molar-refractivity contribution in [2.75, 3.05) is 18.4 Å². The molecule has 0 bridgehead atoms. The Labute approximate surface area is 135 Å². The summed E-state index contributed by atoms with van der Waals surface area (Å²) in [5.41, 5.74) is 1.93. The summed E-state index contributed by atoms with van der Waals surface area (Å²) in [6, 6.07) is 4.02. The Balaban J connectivity index is 1.64. The van der Waals surface area contributed by atoms with Crippen LogP contribution in [-0.2, 0) is 11.3 Å². The molecule has 1 atom stereocenters. The second-order valence-corrected chi connectivity index (χ2v) is 5.89. The van der Waals surface area contributed by atoms with Crippen LogP contribution < -0.4 is 5.32 Å². The van der Waals surface area contributed by atoms with Crippen molar-refractivity contribution in [2.45, 2.75) is 39.8 Å². The van der Waals surface area contributed by atoms with Crippen molar-refractivity contribution in [1.82, 2.24) is 24.6 Å². The zero-order valence-corrected chi connectivity index (χ0v) is 13.8. The molecule has 0 radical (unpaired) electrons. The number of aromatic nitrogens is 4. The second-order valence-electron chi connectivity index (χ2n) is 5.89. The molecule has 2 aromatic heterocycles. The topological polar surface area (TPSA) is 75.9 Å². The Bertz CT molecular complexity index is 710. The number of carbonyl (C=O) groups is 1. The van der Waals surface area contributed by atoms with Gasteiger partial charge in [0.25, 0.3) is 0 Å². The first-order valence-corrected chi connectivity index (χ1v) is 7.89. The molecule has 1 saturated heterocycles. The number of anilines is 1. The van der Waals surface area contributed by atoms with Crippen molar-refractivity contribution in [2.24, 2.45) is 0 Å². The standard InChI is InChI=1S/C16H22N6O/c1-11-4-7-21(20-11)9-6-17-16-10-14(18-12(2)19-16)15-5-8-22(15)13(3)23/h4,7,10,15H,5-6,8-9H2,1-3H3,(H,17,18,19). The first-order chi connectivity index (χ1) is 11.0. The second kappa shape index (κ2) is 6.36. The Morgan fingerprint density at radius 1 is 1.39 bits per heavy atom. The lowest BCUT2D eigenvalue weighted by atomic mass is 9.99. The molecule has 0 aliphatic carbocycles. The molecule has 1 aliphatic rings. The van der Waals surface area contributed by atoms with Crippen LogP contribution in [0.2, 0.25) is 0 Å². The maximum Gasteiger partial charge on any atom is 0.220 e. The van der Waals surface area contributed by atoms with Crippen LogP contribution in [-0.4, -0.2) is 43.6 Å². The number of amides is 1. The van der Waals surface area contributed by atoms with Crippen molar-refractivity contribution in [3.63, 3.8) is 0 Å². The fourth-order valence-corrected chi connectivity index (χ4v) is 2.81. The van der Waals surface area contributed by atoms with Gasteiger partial charge in [0.15, 0.2) is 0 Å². The number of hydrogen-bond acceptors (Lipinski definition) is 5. The molecule has 122 valence electrons. The van der Waals surface area contributed by atoms with Crippen LogP contribution in [0, 0.1) is 13.8 Å². The average Bonchev–Trinajstić information content (AvgIpc) is 2.82. The quantitative estimate of drug-likeness (QED) is 0.909. The number of nitrogens with zero attached hydrogens (tertiary/aromatic N) is 5. The minimum Gasteiger partial charge on any atom is -0.368 e. The van der Waals surface area contributed by atoms with Crippen LogP contribution in [0.5, 0.6) is 0 Å². The van der Waals surface area contributed by atoms with Gasteiger partial charge in [0, 0.05) is 32.3 Å². The molecule has 0 saturated carbocycles. The third-order valence-electron chi connectivity index (χ3n) is 4.04. The highest BCUT2D eigenvalue weighted by Gasteiger charge is 2.32. The summed E-state index contributed by atoms with van der Waals surface area (Å²) in [4.78, 5) is 22.3. The van der Waals surface area contributed by atoms with Crippen molar-refractivity contribution in [1.29, 1.82) is 0 Å². The first kappa shape index (κ1) is 15.5. The van der Waals surface area contributed by atoms with Crippen LogP contribution in [0.3, 0.4) is 0 Å². The molecule has 2 aromatic rings. The molecular formula is C16H22N6O. The predicted octanol–water partition coefficient (Wildman–Crippen LogP) is 1.70. The van der Waals surface area contributed by atoms with E-state index in [0.717, 1.165) is 49.1 Å². The third kappa shape index (κ3) is 3.49. The zero-order valence-electron chi connectivity index (χ0n) is 13.8. The van der Waals surface area contributed by atoms with Crippen molar-refractivity contribution in [3.8, 4) is 0 Å². The monoisotopic (exact) mass is 314 g/mol. The molecule has 1 aliphatic heterocycles. The minimum atomic E-state index is 0.0866. The van der Waals surface area contributed by atoms with Crippen LogP contribution in [0.25, 0.3) is 0 Å². The molecule has 1 unspecified atom stereocenters. The van der Waals surface area contributed by atoms with Gasteiger partial charge < -0.3 is 10.2 Å². The maximum absolute atomic E-state index is 11.6. The van der Waals surface area contributed by atoms with Gasteiger partial charge in [-0.05, 0) is 26.3 Å². The molecule has 7 nitrogen and oxygen atoms in total. The number of likely N-dealkylation sites (tertiary alicyclic amines) is 1. The van der Waals surface area contributed by atoms with Gasteiger partial charge in [0.05, 0.1) is 24.0 Å². The van der Waals surface area contributed by atoms with Crippen LogP contribution in [0.4, 0.5) is 5.82 Å². The number of carbonyl (C=O) groups excluding carboxylic acids is 1. The van der Waals surface area contributed by atoms with Gasteiger partial charge in [-0.1, -0.05) is 0 Å². The van der Waals surface area contributed by atoms with Gasteiger partial charge in [-0.15, -0.1) is 0 Å². The minimum absolute atomic E-state index is 0.0866. The number of hydrogen-bond donors (Lipinski definition) is 1. The van der Waals surface area contributed by atoms with Gasteiger partial charge in [-0.3, -0.25) is 9.48 Å². The summed E-state index contributed by atoms with van der Waals surface area (Å²) in [6.07, 6.45) is 2.93. The summed E-state index contributed by atoms with van der Waals surface area (Å²) in [6.45, 7) is 7.77. The van der Waals surface area contributed by atoms with Gasteiger partial charge in [-0.25, -0.2) is 9.97 Å². The Morgan fingerprint density at radius 3 is 2.83 bits per heavy atom. The van der Waals surface area contributed by atoms with E-state index in [9.17, 15) is 4.79 Å². The maximum atomic E-state index is 11.6. The van der Waals surface area contributed by atoms with Crippen molar-refractivity contribution < 1.29 is 4.79 Å². The molecule has 3 heterocycles. The Morgan fingerprint density at radius 2 is 2.22 bits per heavy atom. The molecular weight excluding hydrogens is 292 g/mol. The largest absolute Gasteiger partial charge is 0.368 e. The van der Waals surface area contributed by atoms with E-state index in [1.165, 1.54) is 0 Å². The molecule has 0 aromatic carbocycles. The highest BCUT2D eigenvalue weighted by molar-refractivity contribution is 5.74. The van der Waals surface area contributed by atoms with Gasteiger partial charge in [0.2, 0.25) is 5.91 Å². The summed E-state index contributed by atoms with van der Waals surface area (Å²) < 4.78 is 1.90. The lowest BCUT2D eigenvalue weighted by molar-refractivity contribution is -0.136. The van der Waals surface area contributed by atoms with E-state index in [-0.39, 0.29) is 11.9 Å². The number of aryl methyl sites for hydroxylation is 2. The molecule has 23 heavy (non-hydrogen) atoms. The van der Waals surface area contributed by atoms with E-state index >= 15 is 0 Å². The van der Waals surface area contributed by atoms with Gasteiger partial charge in [0.1, 0.15) is 11.6 Å². The lowest BCUT2D eigenvalue weighted by Crippen LogP contribution is -2.44. The third-order valence-corrected chi connectivity index (χ3v) is 4.04. The fraction of sp³-hybridized carbons (Fsp3) is 0.500. The van der Waals surface area contributed by atoms with E-state index in [4.69, 9.17) is 0 Å². The summed E-state index contributed by atoms with van der Waals surface area (Å²) in [5.74, 6) is 1.61. The Kier molecular flexibility index (Phi) is 4.27. The smallest absolute Gasteiger partial charge is 0.220 e. The van der Waals surface area contributed by atoms with Crippen LogP contribution >= 0.6 is 0 Å². The highest BCUT2D eigenvalue weighted by Crippen LogP contribution is 2.32. The SMILES string of the molecule is CC(=O)N1CCC1c1cc(NCCn2ccc(C)n2)nc(C)n1. The van der Waals surface area contributed by atoms with Crippen LogP contribution in [0.15, 0.2) is 18.3 Å². The molecule has 1 fully saturated rings. The van der Waals surface area contributed by atoms with Gasteiger partial charge >= 0.3 is 0 Å². The molecule has 1 N–H and O–H groups in total. The van der Waals surface area contributed by atoms with Crippen molar-refractivity contribution >= 4 is 11.7 Å². The summed E-state index contributed by atoms with van der Waals surface area (Å²) in [5, 5.41) is 7.67. The van der Waals surface area contributed by atoms with E-state index in [0.29, 0.717) is 0 Å². The van der Waals surface area contributed by atoms with E-state index in [1.54, 1.807) is 6.92 Å². The number of rotatable bonds is 5. The summed E-state index contributed by atoms with van der Waals surface area (Å²) >= 11 is 0. The normalized spacial score (nSPS) is 17.0. The average molecular weight is 314 g/mol. The molecule has 1 amide bonds. The first-order valence-electron chi connectivity index (χ1n) is 7.89. The Hall–Kier alpha value is -2.44. The fourth-order valence-electron chi connectivity index (χ4n) is 2.81. The van der Waals surface area contributed by atoms with Crippen molar-refractivity contribution in [3.05, 3.63) is 35.5 Å². The highest BCUT2D eigenvalue weighted by atomic mass is 16.2. The van der Waals surface area contributed by atoms with Gasteiger partial charge in [-0.2, -0.15) is 5.10 Å².